The number of hydrogen-bond acceptors (Lipinski definition) is 1. The van der Waals surface area contributed by atoms with Gasteiger partial charge in [0.25, 0.3) is 0 Å². The second-order valence-corrected chi connectivity index (χ2v) is 5.13. The Morgan fingerprint density at radius 2 is 1.57 bits per heavy atom. The molecule has 0 saturated carbocycles. The third kappa shape index (κ3) is 6.57. The molecule has 1 nitrogen and oxygen atoms in total. The first-order chi connectivity index (χ1) is 10.4. The lowest BCUT2D eigenvalue weighted by Crippen LogP contribution is -2.15. The SMILES string of the molecule is CC.CC1CC=CC=C1C1=NCCCC1.c1ccccc1. The molecule has 1 aliphatic carbocycles. The van der Waals surface area contributed by atoms with Gasteiger partial charge in [-0.05, 0) is 37.2 Å². The number of hydrogen-bond donors (Lipinski definition) is 0. The third-order valence-electron chi connectivity index (χ3n) is 3.56. The van der Waals surface area contributed by atoms with Crippen molar-refractivity contribution < 1.29 is 0 Å². The second kappa shape index (κ2) is 11.1. The first-order valence-electron chi connectivity index (χ1n) is 8.28. The van der Waals surface area contributed by atoms with E-state index in [2.05, 4.69) is 30.1 Å². The topological polar surface area (TPSA) is 12.4 Å². The summed E-state index contributed by atoms with van der Waals surface area (Å²) in [5, 5.41) is 0. The van der Waals surface area contributed by atoms with E-state index in [1.165, 1.54) is 37.0 Å². The zero-order valence-corrected chi connectivity index (χ0v) is 13.8. The molecule has 21 heavy (non-hydrogen) atoms. The average Bonchev–Trinajstić information content (AvgIpc) is 2.60. The van der Waals surface area contributed by atoms with E-state index in [0.717, 1.165) is 6.54 Å². The number of benzene rings is 1. The van der Waals surface area contributed by atoms with Crippen LogP contribution in [0.15, 0.2) is 65.2 Å². The molecule has 114 valence electrons. The molecular weight excluding hydrogens is 254 g/mol. The maximum absolute atomic E-state index is 4.62. The molecule has 1 heterocycles. The summed E-state index contributed by atoms with van der Waals surface area (Å²) < 4.78 is 0. The molecule has 0 bridgehead atoms. The Labute approximate surface area is 130 Å². The molecule has 1 atom stereocenters. The monoisotopic (exact) mass is 283 g/mol. The Morgan fingerprint density at radius 1 is 0.952 bits per heavy atom. The molecule has 1 aromatic carbocycles. The average molecular weight is 283 g/mol. The van der Waals surface area contributed by atoms with Crippen LogP contribution in [0, 0.1) is 5.92 Å². The molecule has 3 rings (SSSR count). The van der Waals surface area contributed by atoms with Crippen molar-refractivity contribution in [1.82, 2.24) is 0 Å². The van der Waals surface area contributed by atoms with Crippen molar-refractivity contribution in [3.8, 4) is 0 Å². The maximum atomic E-state index is 4.62. The summed E-state index contributed by atoms with van der Waals surface area (Å²) in [6.45, 7) is 7.34. The van der Waals surface area contributed by atoms with Crippen LogP contribution in [0.4, 0.5) is 0 Å². The molecule has 0 aromatic heterocycles. The summed E-state index contributed by atoms with van der Waals surface area (Å²) >= 11 is 0. The smallest absolute Gasteiger partial charge is 0.0392 e. The summed E-state index contributed by atoms with van der Waals surface area (Å²) in [5.41, 5.74) is 2.87. The van der Waals surface area contributed by atoms with Gasteiger partial charge in [-0.15, -0.1) is 0 Å². The lowest BCUT2D eigenvalue weighted by molar-refractivity contribution is 0.685. The molecule has 0 fully saturated rings. The fourth-order valence-electron chi connectivity index (χ4n) is 2.44. The van der Waals surface area contributed by atoms with E-state index >= 15 is 0 Å². The molecule has 1 aromatic rings. The molecule has 0 N–H and O–H groups in total. The minimum absolute atomic E-state index is 0.682. The van der Waals surface area contributed by atoms with E-state index in [1.54, 1.807) is 0 Å². The van der Waals surface area contributed by atoms with Gasteiger partial charge in [0.1, 0.15) is 0 Å². The molecule has 0 radical (unpaired) electrons. The van der Waals surface area contributed by atoms with Crippen LogP contribution in [0.2, 0.25) is 0 Å². The number of allylic oxidation sites excluding steroid dienone is 4. The zero-order chi connectivity index (χ0) is 15.3. The van der Waals surface area contributed by atoms with Crippen molar-refractivity contribution in [3.05, 3.63) is 60.2 Å². The van der Waals surface area contributed by atoms with E-state index in [9.17, 15) is 0 Å². The molecule has 1 heteroatoms. The highest BCUT2D eigenvalue weighted by atomic mass is 14.7. The second-order valence-electron chi connectivity index (χ2n) is 5.13. The van der Waals surface area contributed by atoms with Gasteiger partial charge in [0.2, 0.25) is 0 Å². The van der Waals surface area contributed by atoms with E-state index in [1.807, 2.05) is 50.2 Å². The first kappa shape index (κ1) is 17.4. The normalized spacial score (nSPS) is 20.0. The van der Waals surface area contributed by atoms with Gasteiger partial charge >= 0.3 is 0 Å². The maximum Gasteiger partial charge on any atom is 0.0392 e. The van der Waals surface area contributed by atoms with E-state index in [-0.39, 0.29) is 0 Å². The Balaban J connectivity index is 0.000000231. The van der Waals surface area contributed by atoms with Crippen LogP contribution in [0.5, 0.6) is 0 Å². The Morgan fingerprint density at radius 3 is 2.05 bits per heavy atom. The van der Waals surface area contributed by atoms with Crippen LogP contribution in [0.1, 0.15) is 46.5 Å². The minimum atomic E-state index is 0.682. The highest BCUT2D eigenvalue weighted by Gasteiger charge is 2.16. The number of aliphatic imine (C=N–C) groups is 1. The van der Waals surface area contributed by atoms with Gasteiger partial charge < -0.3 is 0 Å². The summed E-state index contributed by atoms with van der Waals surface area (Å²) in [6.07, 6.45) is 11.7. The van der Waals surface area contributed by atoms with Crippen molar-refractivity contribution in [2.24, 2.45) is 10.9 Å². The molecule has 2 aliphatic rings. The predicted molar refractivity (Wildman–Crippen MR) is 94.9 cm³/mol. The van der Waals surface area contributed by atoms with Gasteiger partial charge in [0.05, 0.1) is 0 Å². The number of rotatable bonds is 1. The molecule has 1 aliphatic heterocycles. The fraction of sp³-hybridized carbons (Fsp3) is 0.450. The van der Waals surface area contributed by atoms with E-state index in [0.29, 0.717) is 5.92 Å². The molecule has 0 amide bonds. The van der Waals surface area contributed by atoms with Crippen LogP contribution in [0.3, 0.4) is 0 Å². The van der Waals surface area contributed by atoms with Gasteiger partial charge in [0, 0.05) is 12.3 Å². The van der Waals surface area contributed by atoms with Crippen molar-refractivity contribution in [2.75, 3.05) is 6.54 Å². The molecule has 0 spiro atoms. The first-order valence-corrected chi connectivity index (χ1v) is 8.28. The summed E-state index contributed by atoms with van der Waals surface area (Å²) in [4.78, 5) is 4.62. The number of nitrogens with zero attached hydrogens (tertiary/aromatic N) is 1. The summed E-state index contributed by atoms with van der Waals surface area (Å²) in [5.74, 6) is 0.682. The van der Waals surface area contributed by atoms with Gasteiger partial charge in [-0.2, -0.15) is 0 Å². The standard InChI is InChI=1S/C12H17N.C6H6.C2H6/c1-10-6-2-3-7-11(10)12-8-4-5-9-13-12;1-2-4-6-5-3-1;1-2/h2-3,7,10H,4-6,8-9H2,1H3;1-6H;1-2H3. The van der Waals surface area contributed by atoms with Gasteiger partial charge in [-0.25, -0.2) is 0 Å². The lowest BCUT2D eigenvalue weighted by atomic mass is 9.87. The summed E-state index contributed by atoms with van der Waals surface area (Å²) in [6, 6.07) is 12.0. The van der Waals surface area contributed by atoms with Gasteiger partial charge in [-0.3, -0.25) is 4.99 Å². The highest BCUT2D eigenvalue weighted by molar-refractivity contribution is 6.01. The third-order valence-corrected chi connectivity index (χ3v) is 3.56. The van der Waals surface area contributed by atoms with Gasteiger partial charge in [0.15, 0.2) is 0 Å². The predicted octanol–water partition coefficient (Wildman–Crippen LogP) is 5.85. The van der Waals surface area contributed by atoms with Crippen molar-refractivity contribution in [2.45, 2.75) is 46.5 Å². The van der Waals surface area contributed by atoms with Crippen molar-refractivity contribution in [3.63, 3.8) is 0 Å². The Hall–Kier alpha value is -1.63. The molecule has 0 saturated heterocycles. The molecular formula is C20H29N. The van der Waals surface area contributed by atoms with Crippen molar-refractivity contribution >= 4 is 5.71 Å². The largest absolute Gasteiger partial charge is 0.289 e. The van der Waals surface area contributed by atoms with Crippen LogP contribution in [-0.4, -0.2) is 12.3 Å². The van der Waals surface area contributed by atoms with E-state index < -0.39 is 0 Å². The zero-order valence-electron chi connectivity index (χ0n) is 13.8. The lowest BCUT2D eigenvalue weighted by Gasteiger charge is -2.21. The Kier molecular flexibility index (Phi) is 9.19. The van der Waals surface area contributed by atoms with Gasteiger partial charge in [-0.1, -0.05) is 75.4 Å². The van der Waals surface area contributed by atoms with Crippen LogP contribution >= 0.6 is 0 Å². The van der Waals surface area contributed by atoms with Crippen LogP contribution < -0.4 is 0 Å². The van der Waals surface area contributed by atoms with Crippen LogP contribution in [-0.2, 0) is 0 Å². The summed E-state index contributed by atoms with van der Waals surface area (Å²) in [7, 11) is 0. The fourth-order valence-corrected chi connectivity index (χ4v) is 2.44. The quantitative estimate of drug-likeness (QED) is 0.613. The van der Waals surface area contributed by atoms with Crippen molar-refractivity contribution in [1.29, 1.82) is 0 Å². The van der Waals surface area contributed by atoms with E-state index in [4.69, 9.17) is 0 Å². The minimum Gasteiger partial charge on any atom is -0.289 e. The van der Waals surface area contributed by atoms with Crippen LogP contribution in [0.25, 0.3) is 0 Å². The highest BCUT2D eigenvalue weighted by Crippen LogP contribution is 2.24. The molecule has 1 unspecified atom stereocenters. The Bertz CT molecular complexity index is 427.